The van der Waals surface area contributed by atoms with Crippen LogP contribution in [-0.2, 0) is 11.3 Å². The van der Waals surface area contributed by atoms with E-state index >= 15 is 0 Å². The molecule has 0 radical (unpaired) electrons. The van der Waals surface area contributed by atoms with Gasteiger partial charge in [-0.15, -0.1) is 0 Å². The Morgan fingerprint density at radius 3 is 2.95 bits per heavy atom. The van der Waals surface area contributed by atoms with Gasteiger partial charge in [-0.25, -0.2) is 0 Å². The molecule has 108 valence electrons. The number of aliphatic hydroxyl groups excluding tert-OH is 1. The molecule has 0 saturated carbocycles. The summed E-state index contributed by atoms with van der Waals surface area (Å²) in [6, 6.07) is 7.78. The predicted octanol–water partition coefficient (Wildman–Crippen LogP) is 1.37. The Balaban J connectivity index is 2.24. The predicted molar refractivity (Wildman–Crippen MR) is 78.5 cm³/mol. The number of methoxy groups -OCH3 is 1. The van der Waals surface area contributed by atoms with Gasteiger partial charge in [-0.3, -0.25) is 4.90 Å². The first kappa shape index (κ1) is 16.4. The molecule has 0 aliphatic carbocycles. The number of ether oxygens (including phenoxy) is 1. The van der Waals surface area contributed by atoms with E-state index in [0.29, 0.717) is 19.7 Å². The lowest BCUT2D eigenvalue weighted by Crippen LogP contribution is -2.37. The third kappa shape index (κ3) is 7.50. The van der Waals surface area contributed by atoms with Crippen LogP contribution < -0.4 is 5.32 Å². The van der Waals surface area contributed by atoms with Crippen LogP contribution in [0.25, 0.3) is 0 Å². The smallest absolute Gasteiger partial charge is 0.0791 e. The minimum Gasteiger partial charge on any atom is -0.390 e. The zero-order valence-corrected chi connectivity index (χ0v) is 12.4. The van der Waals surface area contributed by atoms with Gasteiger partial charge in [0, 0.05) is 38.3 Å². The Morgan fingerprint density at radius 1 is 1.47 bits per heavy atom. The Hall–Kier alpha value is -0.650. The molecule has 1 unspecified atom stereocenters. The monoisotopic (exact) mass is 286 g/mol. The number of hydrogen-bond acceptors (Lipinski definition) is 4. The van der Waals surface area contributed by atoms with Crippen LogP contribution in [0.3, 0.4) is 0 Å². The molecule has 0 fully saturated rings. The molecule has 1 rings (SSSR count). The number of hydrogen-bond donors (Lipinski definition) is 2. The second-order valence-corrected chi connectivity index (χ2v) is 5.11. The second-order valence-electron chi connectivity index (χ2n) is 4.68. The van der Waals surface area contributed by atoms with Gasteiger partial charge in [0.15, 0.2) is 0 Å². The summed E-state index contributed by atoms with van der Waals surface area (Å²) in [4.78, 5) is 2.08. The standard InChI is InChI=1S/C14H23ClN2O2/c1-17(10-12-4-3-5-13(15)8-12)11-14(18)9-16-6-7-19-2/h3-5,8,14,16,18H,6-7,9-11H2,1-2H3. The van der Waals surface area contributed by atoms with Crippen molar-refractivity contribution in [1.29, 1.82) is 0 Å². The van der Waals surface area contributed by atoms with Crippen molar-refractivity contribution >= 4 is 11.6 Å². The van der Waals surface area contributed by atoms with E-state index in [1.54, 1.807) is 7.11 Å². The van der Waals surface area contributed by atoms with Gasteiger partial charge in [-0.2, -0.15) is 0 Å². The summed E-state index contributed by atoms with van der Waals surface area (Å²) >= 11 is 5.94. The molecule has 1 aromatic rings. The summed E-state index contributed by atoms with van der Waals surface area (Å²) in [5.74, 6) is 0. The molecule has 1 aromatic carbocycles. The first-order valence-corrected chi connectivity index (χ1v) is 6.80. The fourth-order valence-electron chi connectivity index (χ4n) is 1.88. The lowest BCUT2D eigenvalue weighted by Gasteiger charge is -2.21. The highest BCUT2D eigenvalue weighted by Gasteiger charge is 2.08. The average molecular weight is 287 g/mol. The summed E-state index contributed by atoms with van der Waals surface area (Å²) in [6.07, 6.45) is -0.388. The molecule has 0 bridgehead atoms. The zero-order valence-electron chi connectivity index (χ0n) is 11.6. The topological polar surface area (TPSA) is 44.7 Å². The maximum atomic E-state index is 9.88. The number of likely N-dealkylation sites (N-methyl/N-ethyl adjacent to an activating group) is 1. The van der Waals surface area contributed by atoms with Crippen molar-refractivity contribution < 1.29 is 9.84 Å². The molecule has 0 spiro atoms. The van der Waals surface area contributed by atoms with Crippen LogP contribution in [0.5, 0.6) is 0 Å². The van der Waals surface area contributed by atoms with E-state index in [4.69, 9.17) is 16.3 Å². The van der Waals surface area contributed by atoms with Crippen molar-refractivity contribution in [3.63, 3.8) is 0 Å². The Bertz CT molecular complexity index is 363. The molecule has 2 N–H and O–H groups in total. The number of nitrogens with zero attached hydrogens (tertiary/aromatic N) is 1. The summed E-state index contributed by atoms with van der Waals surface area (Å²) in [7, 11) is 3.65. The van der Waals surface area contributed by atoms with Crippen LogP contribution in [0, 0.1) is 0 Å². The maximum Gasteiger partial charge on any atom is 0.0791 e. The van der Waals surface area contributed by atoms with E-state index in [-0.39, 0.29) is 6.10 Å². The van der Waals surface area contributed by atoms with Gasteiger partial charge in [0.25, 0.3) is 0 Å². The van der Waals surface area contributed by atoms with E-state index < -0.39 is 0 Å². The van der Waals surface area contributed by atoms with Gasteiger partial charge in [0.05, 0.1) is 12.7 Å². The van der Waals surface area contributed by atoms with E-state index in [1.807, 2.05) is 31.3 Å². The van der Waals surface area contributed by atoms with Crippen LogP contribution in [0.15, 0.2) is 24.3 Å². The third-order valence-corrected chi connectivity index (χ3v) is 2.96. The van der Waals surface area contributed by atoms with Crippen LogP contribution >= 0.6 is 11.6 Å². The van der Waals surface area contributed by atoms with Crippen LogP contribution in [-0.4, -0.2) is 56.5 Å². The SMILES string of the molecule is COCCNCC(O)CN(C)Cc1cccc(Cl)c1. The molecular weight excluding hydrogens is 264 g/mol. The third-order valence-electron chi connectivity index (χ3n) is 2.73. The van der Waals surface area contributed by atoms with Crippen LogP contribution in [0.1, 0.15) is 5.56 Å². The molecule has 0 saturated heterocycles. The normalized spacial score (nSPS) is 12.9. The van der Waals surface area contributed by atoms with Crippen molar-refractivity contribution in [2.24, 2.45) is 0 Å². The minimum atomic E-state index is -0.388. The zero-order chi connectivity index (χ0) is 14.1. The van der Waals surface area contributed by atoms with Crippen molar-refractivity contribution in [1.82, 2.24) is 10.2 Å². The van der Waals surface area contributed by atoms with Crippen molar-refractivity contribution in [2.75, 3.05) is 40.4 Å². The van der Waals surface area contributed by atoms with Gasteiger partial charge in [-0.05, 0) is 24.7 Å². The Kier molecular flexibility index (Phi) is 8.02. The molecule has 1 atom stereocenters. The summed E-state index contributed by atoms with van der Waals surface area (Å²) in [5.41, 5.74) is 1.15. The lowest BCUT2D eigenvalue weighted by atomic mass is 10.2. The molecule has 0 amide bonds. The molecule has 0 aromatic heterocycles. The van der Waals surface area contributed by atoms with E-state index in [9.17, 15) is 5.11 Å². The number of nitrogens with one attached hydrogen (secondary N) is 1. The Labute approximate surface area is 120 Å². The summed E-state index contributed by atoms with van der Waals surface area (Å²) < 4.78 is 4.93. The van der Waals surface area contributed by atoms with E-state index in [1.165, 1.54) is 0 Å². The van der Waals surface area contributed by atoms with E-state index in [2.05, 4.69) is 10.2 Å². The van der Waals surface area contributed by atoms with E-state index in [0.717, 1.165) is 23.7 Å². The Morgan fingerprint density at radius 2 is 2.26 bits per heavy atom. The molecule has 4 nitrogen and oxygen atoms in total. The number of aliphatic hydroxyl groups is 1. The van der Waals surface area contributed by atoms with Gasteiger partial charge < -0.3 is 15.2 Å². The lowest BCUT2D eigenvalue weighted by molar-refractivity contribution is 0.117. The molecule has 5 heteroatoms. The summed E-state index contributed by atoms with van der Waals surface area (Å²) in [6.45, 7) is 3.38. The highest BCUT2D eigenvalue weighted by molar-refractivity contribution is 6.30. The fourth-order valence-corrected chi connectivity index (χ4v) is 2.09. The van der Waals surface area contributed by atoms with Crippen LogP contribution in [0.2, 0.25) is 5.02 Å². The van der Waals surface area contributed by atoms with Crippen molar-refractivity contribution in [3.8, 4) is 0 Å². The quantitative estimate of drug-likeness (QED) is 0.673. The van der Waals surface area contributed by atoms with Crippen molar-refractivity contribution in [2.45, 2.75) is 12.6 Å². The first-order valence-electron chi connectivity index (χ1n) is 6.42. The number of halogens is 1. The average Bonchev–Trinajstić information content (AvgIpc) is 2.34. The molecule has 19 heavy (non-hydrogen) atoms. The maximum absolute atomic E-state index is 9.88. The van der Waals surface area contributed by atoms with Gasteiger partial charge >= 0.3 is 0 Å². The second kappa shape index (κ2) is 9.28. The van der Waals surface area contributed by atoms with Crippen LogP contribution in [0.4, 0.5) is 0 Å². The molecule has 0 aliphatic heterocycles. The number of benzene rings is 1. The highest BCUT2D eigenvalue weighted by atomic mass is 35.5. The molecular formula is C14H23ClN2O2. The minimum absolute atomic E-state index is 0.388. The molecule has 0 aliphatic rings. The fraction of sp³-hybridized carbons (Fsp3) is 0.571. The van der Waals surface area contributed by atoms with Gasteiger partial charge in [0.1, 0.15) is 0 Å². The van der Waals surface area contributed by atoms with Crippen molar-refractivity contribution in [3.05, 3.63) is 34.9 Å². The molecule has 0 heterocycles. The van der Waals surface area contributed by atoms with Gasteiger partial charge in [0.2, 0.25) is 0 Å². The largest absolute Gasteiger partial charge is 0.390 e. The summed E-state index contributed by atoms with van der Waals surface area (Å²) in [5, 5.41) is 13.8. The number of rotatable bonds is 9. The van der Waals surface area contributed by atoms with Gasteiger partial charge in [-0.1, -0.05) is 23.7 Å². The first-order chi connectivity index (χ1) is 9.11. The highest BCUT2D eigenvalue weighted by Crippen LogP contribution is 2.12.